The average molecular weight is 413 g/mol. The highest BCUT2D eigenvalue weighted by atomic mass is 16.5. The van der Waals surface area contributed by atoms with E-state index in [1.807, 2.05) is 31.2 Å². The van der Waals surface area contributed by atoms with Crippen molar-refractivity contribution in [2.75, 3.05) is 21.3 Å². The minimum absolute atomic E-state index is 0.363. The Balaban J connectivity index is 1.94. The fourth-order valence-electron chi connectivity index (χ4n) is 2.67. The fourth-order valence-corrected chi connectivity index (χ4v) is 2.67. The molecule has 0 radical (unpaired) electrons. The molecule has 1 N–H and O–H groups in total. The number of benzene rings is 2. The van der Waals surface area contributed by atoms with Crippen molar-refractivity contribution in [2.24, 2.45) is 0 Å². The Bertz CT molecular complexity index is 879. The van der Waals surface area contributed by atoms with E-state index in [1.54, 1.807) is 18.2 Å². The summed E-state index contributed by atoms with van der Waals surface area (Å²) in [6.07, 6.45) is 1.86. The molecule has 0 saturated carbocycles. The first kappa shape index (κ1) is 22.8. The van der Waals surface area contributed by atoms with Gasteiger partial charge >= 0.3 is 5.97 Å². The van der Waals surface area contributed by atoms with Crippen molar-refractivity contribution in [2.45, 2.75) is 26.5 Å². The maximum atomic E-state index is 12.2. The van der Waals surface area contributed by atoms with Crippen LogP contribution in [-0.4, -0.2) is 39.3 Å². The van der Waals surface area contributed by atoms with Crippen LogP contribution in [0.25, 0.3) is 6.08 Å². The molecule has 0 heterocycles. The predicted molar refractivity (Wildman–Crippen MR) is 114 cm³/mol. The molecule has 2 aromatic carbocycles. The summed E-state index contributed by atoms with van der Waals surface area (Å²) in [6.45, 7) is 3.88. The Labute approximate surface area is 176 Å². The lowest BCUT2D eigenvalue weighted by Gasteiger charge is -2.13. The second kappa shape index (κ2) is 10.9. The second-order valence-corrected chi connectivity index (χ2v) is 6.57. The van der Waals surface area contributed by atoms with Crippen LogP contribution >= 0.6 is 0 Å². The molecule has 0 fully saturated rings. The molecular formula is C23H27NO6. The van der Waals surface area contributed by atoms with E-state index in [2.05, 4.69) is 5.32 Å². The van der Waals surface area contributed by atoms with Gasteiger partial charge in [-0.2, -0.15) is 0 Å². The summed E-state index contributed by atoms with van der Waals surface area (Å²) in [7, 11) is 4.53. The summed E-state index contributed by atoms with van der Waals surface area (Å²) in [6, 6.07) is 11.2. The number of hydrogen-bond acceptors (Lipinski definition) is 6. The molecule has 0 aliphatic rings. The fraction of sp³-hybridized carbons (Fsp3) is 0.304. The highest BCUT2D eigenvalue weighted by Gasteiger charge is 2.16. The van der Waals surface area contributed by atoms with Crippen molar-refractivity contribution >= 4 is 18.0 Å². The third-order valence-corrected chi connectivity index (χ3v) is 4.35. The number of nitrogens with one attached hydrogen (secondary N) is 1. The minimum Gasteiger partial charge on any atom is -0.493 e. The number of hydrogen-bond donors (Lipinski definition) is 1. The van der Waals surface area contributed by atoms with E-state index in [4.69, 9.17) is 18.9 Å². The third kappa shape index (κ3) is 6.27. The summed E-state index contributed by atoms with van der Waals surface area (Å²) in [5.41, 5.74) is 2.76. The number of methoxy groups -OCH3 is 3. The normalized spacial score (nSPS) is 11.6. The van der Waals surface area contributed by atoms with Gasteiger partial charge in [-0.15, -0.1) is 0 Å². The molecule has 2 rings (SSSR count). The van der Waals surface area contributed by atoms with Gasteiger partial charge in [0.2, 0.25) is 5.75 Å². The van der Waals surface area contributed by atoms with Crippen LogP contribution in [-0.2, 0) is 20.9 Å². The van der Waals surface area contributed by atoms with Gasteiger partial charge in [0.25, 0.3) is 5.91 Å². The molecule has 160 valence electrons. The van der Waals surface area contributed by atoms with E-state index >= 15 is 0 Å². The summed E-state index contributed by atoms with van der Waals surface area (Å²) >= 11 is 0. The van der Waals surface area contributed by atoms with Gasteiger partial charge in [0, 0.05) is 12.6 Å². The number of ether oxygens (including phenoxy) is 4. The van der Waals surface area contributed by atoms with Crippen LogP contribution in [0.1, 0.15) is 23.6 Å². The molecule has 1 unspecified atom stereocenters. The van der Waals surface area contributed by atoms with Gasteiger partial charge in [0.15, 0.2) is 17.6 Å². The first-order valence-corrected chi connectivity index (χ1v) is 9.40. The Kier molecular flexibility index (Phi) is 8.29. The molecule has 0 bridgehead atoms. The number of amides is 1. The van der Waals surface area contributed by atoms with Crippen molar-refractivity contribution in [1.82, 2.24) is 5.32 Å². The first-order valence-electron chi connectivity index (χ1n) is 9.40. The van der Waals surface area contributed by atoms with E-state index in [0.29, 0.717) is 29.4 Å². The van der Waals surface area contributed by atoms with Gasteiger partial charge in [-0.3, -0.25) is 4.79 Å². The predicted octanol–water partition coefficient (Wildman–Crippen LogP) is 3.28. The van der Waals surface area contributed by atoms with Gasteiger partial charge in [0.1, 0.15) is 0 Å². The Morgan fingerprint density at radius 3 is 2.13 bits per heavy atom. The number of rotatable bonds is 9. The van der Waals surface area contributed by atoms with E-state index < -0.39 is 12.1 Å². The third-order valence-electron chi connectivity index (χ3n) is 4.35. The molecule has 7 heteroatoms. The molecule has 7 nitrogen and oxygen atoms in total. The van der Waals surface area contributed by atoms with Crippen molar-refractivity contribution in [3.63, 3.8) is 0 Å². The highest BCUT2D eigenvalue weighted by Crippen LogP contribution is 2.38. The zero-order valence-corrected chi connectivity index (χ0v) is 17.9. The molecule has 2 aromatic rings. The van der Waals surface area contributed by atoms with Crippen LogP contribution < -0.4 is 19.5 Å². The SMILES string of the molecule is COc1cc(/C=C/C(=O)OC(C)C(=O)NCc2ccc(C)cc2)cc(OC)c1OC. The van der Waals surface area contributed by atoms with Crippen molar-refractivity contribution in [3.8, 4) is 17.2 Å². The van der Waals surface area contributed by atoms with E-state index in [-0.39, 0.29) is 5.91 Å². The number of esters is 1. The second-order valence-electron chi connectivity index (χ2n) is 6.57. The molecule has 0 spiro atoms. The van der Waals surface area contributed by atoms with E-state index in [9.17, 15) is 9.59 Å². The van der Waals surface area contributed by atoms with Crippen LogP contribution in [0.3, 0.4) is 0 Å². The Hall–Kier alpha value is -3.48. The largest absolute Gasteiger partial charge is 0.493 e. The summed E-state index contributed by atoms with van der Waals surface area (Å²) < 4.78 is 21.0. The smallest absolute Gasteiger partial charge is 0.331 e. The van der Waals surface area contributed by atoms with Crippen molar-refractivity contribution in [3.05, 3.63) is 59.2 Å². The molecule has 0 aliphatic heterocycles. The lowest BCUT2D eigenvalue weighted by molar-refractivity contribution is -0.150. The molecule has 1 amide bonds. The number of aryl methyl sites for hydroxylation is 1. The van der Waals surface area contributed by atoms with Crippen molar-refractivity contribution < 1.29 is 28.5 Å². The maximum absolute atomic E-state index is 12.2. The van der Waals surface area contributed by atoms with Crippen molar-refractivity contribution in [1.29, 1.82) is 0 Å². The monoisotopic (exact) mass is 413 g/mol. The zero-order chi connectivity index (χ0) is 22.1. The van der Waals surface area contributed by atoms with Crippen LogP contribution in [0.5, 0.6) is 17.2 Å². The molecule has 30 heavy (non-hydrogen) atoms. The van der Waals surface area contributed by atoms with Gasteiger partial charge in [-0.05, 0) is 43.2 Å². The van der Waals surface area contributed by atoms with Gasteiger partial charge in [-0.25, -0.2) is 4.79 Å². The van der Waals surface area contributed by atoms with E-state index in [1.165, 1.54) is 34.3 Å². The topological polar surface area (TPSA) is 83.1 Å². The van der Waals surface area contributed by atoms with Crippen LogP contribution in [0.4, 0.5) is 0 Å². The minimum atomic E-state index is -0.924. The molecule has 0 aromatic heterocycles. The average Bonchev–Trinajstić information content (AvgIpc) is 2.76. The quantitative estimate of drug-likeness (QED) is 0.502. The molecular weight excluding hydrogens is 386 g/mol. The van der Waals surface area contributed by atoms with E-state index in [0.717, 1.165) is 11.1 Å². The number of carbonyl (C=O) groups excluding carboxylic acids is 2. The number of carbonyl (C=O) groups is 2. The van der Waals surface area contributed by atoms with Gasteiger partial charge < -0.3 is 24.3 Å². The molecule has 0 aliphatic carbocycles. The summed E-state index contributed by atoms with van der Waals surface area (Å²) in [5.74, 6) is 0.382. The van der Waals surface area contributed by atoms with Crippen LogP contribution in [0.2, 0.25) is 0 Å². The van der Waals surface area contributed by atoms with Gasteiger partial charge in [0.05, 0.1) is 21.3 Å². The lowest BCUT2D eigenvalue weighted by atomic mass is 10.1. The molecule has 1 atom stereocenters. The zero-order valence-electron chi connectivity index (χ0n) is 17.9. The lowest BCUT2D eigenvalue weighted by Crippen LogP contribution is -2.35. The first-order chi connectivity index (χ1) is 14.4. The Morgan fingerprint density at radius 1 is 1.00 bits per heavy atom. The molecule has 0 saturated heterocycles. The van der Waals surface area contributed by atoms with Crippen LogP contribution in [0, 0.1) is 6.92 Å². The van der Waals surface area contributed by atoms with Gasteiger partial charge in [-0.1, -0.05) is 29.8 Å². The standard InChI is InChI=1S/C23H27NO6/c1-15-6-8-17(9-7-15)14-24-23(26)16(2)30-21(25)11-10-18-12-19(27-3)22(29-5)20(13-18)28-4/h6-13,16H,14H2,1-5H3,(H,24,26)/b11-10+. The summed E-state index contributed by atoms with van der Waals surface area (Å²) in [5, 5.41) is 2.75. The van der Waals surface area contributed by atoms with Crippen LogP contribution in [0.15, 0.2) is 42.5 Å². The highest BCUT2D eigenvalue weighted by molar-refractivity contribution is 5.90. The summed E-state index contributed by atoms with van der Waals surface area (Å²) in [4.78, 5) is 24.3. The Morgan fingerprint density at radius 2 is 1.60 bits per heavy atom. The maximum Gasteiger partial charge on any atom is 0.331 e.